The molecule has 2 amide bonds. The molecule has 0 N–H and O–H groups in total. The van der Waals surface area contributed by atoms with Gasteiger partial charge in [-0.1, -0.05) is 0 Å². The van der Waals surface area contributed by atoms with Crippen molar-refractivity contribution in [3.8, 4) is 0 Å². The minimum Gasteiger partial charge on any atom is -0.337 e. The van der Waals surface area contributed by atoms with Gasteiger partial charge in [0.25, 0.3) is 5.91 Å². The van der Waals surface area contributed by atoms with Crippen molar-refractivity contribution < 1.29 is 18.4 Å². The van der Waals surface area contributed by atoms with E-state index in [1.807, 2.05) is 17.0 Å². The second kappa shape index (κ2) is 7.02. The Morgan fingerprint density at radius 1 is 1.22 bits per heavy atom. The number of rotatable bonds is 4. The fourth-order valence-corrected chi connectivity index (χ4v) is 3.98. The van der Waals surface area contributed by atoms with E-state index in [0.29, 0.717) is 32.0 Å². The molecule has 2 aliphatic rings. The lowest BCUT2D eigenvalue weighted by Crippen LogP contribution is -2.41. The fourth-order valence-electron chi connectivity index (χ4n) is 3.98. The average Bonchev–Trinajstić information content (AvgIpc) is 3.18. The molecule has 4 heterocycles. The third-order valence-electron chi connectivity index (χ3n) is 5.28. The fraction of sp³-hybridized carbons (Fsp3) is 0.368. The zero-order chi connectivity index (χ0) is 19.0. The maximum absolute atomic E-state index is 13.9. The van der Waals surface area contributed by atoms with Gasteiger partial charge in [-0.15, -0.1) is 0 Å². The van der Waals surface area contributed by atoms with Crippen LogP contribution >= 0.6 is 0 Å². The quantitative estimate of drug-likeness (QED) is 0.821. The second-order valence-electron chi connectivity index (χ2n) is 6.80. The average molecular weight is 372 g/mol. The largest absolute Gasteiger partial charge is 0.337 e. The van der Waals surface area contributed by atoms with Gasteiger partial charge in [-0.3, -0.25) is 14.6 Å². The summed E-state index contributed by atoms with van der Waals surface area (Å²) in [5, 5.41) is 0. The number of carbonyl (C=O) groups is 2. The molecule has 140 valence electrons. The Labute approximate surface area is 154 Å². The smallest absolute Gasteiger partial charge is 0.275 e. The molecule has 0 aliphatic carbocycles. The first-order valence-electron chi connectivity index (χ1n) is 8.85. The molecule has 0 unspecified atom stereocenters. The SMILES string of the molecule is O=C1C[C@H]2[C@H](CCN2C(=O)c2ncc(F)cc2F)N1CCc1ccncc1. The number of hydrogen-bond acceptors (Lipinski definition) is 4. The van der Waals surface area contributed by atoms with Gasteiger partial charge >= 0.3 is 0 Å². The predicted octanol–water partition coefficient (Wildman–Crippen LogP) is 1.81. The van der Waals surface area contributed by atoms with Crippen LogP contribution in [0.25, 0.3) is 0 Å². The minimum absolute atomic E-state index is 0.0101. The van der Waals surface area contributed by atoms with Crippen molar-refractivity contribution in [2.45, 2.75) is 31.3 Å². The number of likely N-dealkylation sites (tertiary alicyclic amines) is 2. The first-order chi connectivity index (χ1) is 13.0. The van der Waals surface area contributed by atoms with Crippen molar-refractivity contribution >= 4 is 11.8 Å². The summed E-state index contributed by atoms with van der Waals surface area (Å²) in [4.78, 5) is 36.0. The summed E-state index contributed by atoms with van der Waals surface area (Å²) < 4.78 is 27.0. The Hall–Kier alpha value is -2.90. The summed E-state index contributed by atoms with van der Waals surface area (Å²) in [7, 11) is 0. The number of halogens is 2. The zero-order valence-electron chi connectivity index (χ0n) is 14.5. The standard InChI is InChI=1S/C19H18F2N4O2/c20-13-9-14(21)18(23-11-13)19(27)25-8-4-15-16(25)10-17(26)24(15)7-3-12-1-5-22-6-2-12/h1-2,5-6,9,11,15-16H,3-4,7-8,10H2/t15-,16-/m0/s1. The molecule has 0 aromatic carbocycles. The lowest BCUT2D eigenvalue weighted by atomic mass is 10.1. The third-order valence-corrected chi connectivity index (χ3v) is 5.28. The van der Waals surface area contributed by atoms with Gasteiger partial charge in [0, 0.05) is 38.0 Å². The summed E-state index contributed by atoms with van der Waals surface area (Å²) in [6, 6.07) is 4.09. The molecule has 0 saturated carbocycles. The lowest BCUT2D eigenvalue weighted by molar-refractivity contribution is -0.129. The molecule has 0 bridgehead atoms. The highest BCUT2D eigenvalue weighted by Gasteiger charge is 2.48. The Bertz CT molecular complexity index is 877. The van der Waals surface area contributed by atoms with Crippen LogP contribution in [0.2, 0.25) is 0 Å². The monoisotopic (exact) mass is 372 g/mol. The van der Waals surface area contributed by atoms with Crippen molar-refractivity contribution in [1.82, 2.24) is 19.8 Å². The zero-order valence-corrected chi connectivity index (χ0v) is 14.5. The Morgan fingerprint density at radius 2 is 2.00 bits per heavy atom. The van der Waals surface area contributed by atoms with Crippen molar-refractivity contribution in [3.63, 3.8) is 0 Å². The molecule has 2 aromatic rings. The van der Waals surface area contributed by atoms with Crippen LogP contribution in [-0.4, -0.2) is 56.8 Å². The number of pyridine rings is 2. The van der Waals surface area contributed by atoms with Crippen LogP contribution < -0.4 is 0 Å². The van der Waals surface area contributed by atoms with Crippen LogP contribution in [0.4, 0.5) is 8.78 Å². The van der Waals surface area contributed by atoms with Crippen molar-refractivity contribution in [1.29, 1.82) is 0 Å². The van der Waals surface area contributed by atoms with Gasteiger partial charge in [0.2, 0.25) is 5.91 Å². The molecule has 27 heavy (non-hydrogen) atoms. The molecule has 2 saturated heterocycles. The van der Waals surface area contributed by atoms with Crippen molar-refractivity contribution in [2.24, 2.45) is 0 Å². The molecule has 2 aromatic heterocycles. The second-order valence-corrected chi connectivity index (χ2v) is 6.80. The van der Waals surface area contributed by atoms with E-state index in [0.717, 1.165) is 11.8 Å². The van der Waals surface area contributed by atoms with E-state index in [9.17, 15) is 18.4 Å². The number of nitrogens with zero attached hydrogens (tertiary/aromatic N) is 4. The van der Waals surface area contributed by atoms with Crippen LogP contribution in [0.3, 0.4) is 0 Å². The van der Waals surface area contributed by atoms with E-state index in [1.54, 1.807) is 12.4 Å². The summed E-state index contributed by atoms with van der Waals surface area (Å²) in [6.07, 6.45) is 5.81. The van der Waals surface area contributed by atoms with Gasteiger partial charge in [0.1, 0.15) is 5.82 Å². The van der Waals surface area contributed by atoms with Gasteiger partial charge in [-0.2, -0.15) is 0 Å². The van der Waals surface area contributed by atoms with E-state index >= 15 is 0 Å². The number of carbonyl (C=O) groups excluding carboxylic acids is 2. The molecule has 2 atom stereocenters. The molecular weight excluding hydrogens is 354 g/mol. The first kappa shape index (κ1) is 17.5. The molecular formula is C19H18F2N4O2. The molecule has 8 heteroatoms. The van der Waals surface area contributed by atoms with Crippen LogP contribution in [-0.2, 0) is 11.2 Å². The molecule has 0 spiro atoms. The highest BCUT2D eigenvalue weighted by atomic mass is 19.1. The molecule has 0 radical (unpaired) electrons. The maximum Gasteiger partial charge on any atom is 0.275 e. The minimum atomic E-state index is -0.984. The Balaban J connectivity index is 1.47. The summed E-state index contributed by atoms with van der Waals surface area (Å²) in [5.41, 5.74) is 0.685. The van der Waals surface area contributed by atoms with Crippen LogP contribution in [0.15, 0.2) is 36.8 Å². The topological polar surface area (TPSA) is 66.4 Å². The van der Waals surface area contributed by atoms with Crippen LogP contribution in [0.5, 0.6) is 0 Å². The van der Waals surface area contributed by atoms with E-state index in [2.05, 4.69) is 9.97 Å². The van der Waals surface area contributed by atoms with E-state index < -0.39 is 23.2 Å². The Morgan fingerprint density at radius 3 is 2.74 bits per heavy atom. The molecule has 2 fully saturated rings. The van der Waals surface area contributed by atoms with Crippen LogP contribution in [0.1, 0.15) is 28.9 Å². The Kier molecular flexibility index (Phi) is 4.55. The van der Waals surface area contributed by atoms with Crippen molar-refractivity contribution in [3.05, 3.63) is 59.7 Å². The van der Waals surface area contributed by atoms with E-state index in [4.69, 9.17) is 0 Å². The van der Waals surface area contributed by atoms with Gasteiger partial charge in [-0.05, 0) is 30.5 Å². The highest BCUT2D eigenvalue weighted by molar-refractivity contribution is 5.94. The van der Waals surface area contributed by atoms with Crippen LogP contribution in [0, 0.1) is 11.6 Å². The lowest BCUT2D eigenvalue weighted by Gasteiger charge is -2.25. The van der Waals surface area contributed by atoms with Gasteiger partial charge in [0.15, 0.2) is 11.5 Å². The van der Waals surface area contributed by atoms with Crippen molar-refractivity contribution in [2.75, 3.05) is 13.1 Å². The van der Waals surface area contributed by atoms with E-state index in [-0.39, 0.29) is 24.4 Å². The molecule has 4 rings (SSSR count). The number of aromatic nitrogens is 2. The number of amides is 2. The van der Waals surface area contributed by atoms with Gasteiger partial charge in [0.05, 0.1) is 18.3 Å². The van der Waals surface area contributed by atoms with Gasteiger partial charge in [-0.25, -0.2) is 13.8 Å². The summed E-state index contributed by atoms with van der Waals surface area (Å²) in [6.45, 7) is 0.987. The summed E-state index contributed by atoms with van der Waals surface area (Å²) in [5.74, 6) is -2.42. The van der Waals surface area contributed by atoms with Gasteiger partial charge < -0.3 is 9.80 Å². The predicted molar refractivity (Wildman–Crippen MR) is 91.7 cm³/mol. The molecule has 6 nitrogen and oxygen atoms in total. The first-order valence-corrected chi connectivity index (χ1v) is 8.85. The molecule has 2 aliphatic heterocycles. The highest BCUT2D eigenvalue weighted by Crippen LogP contribution is 2.33. The third kappa shape index (κ3) is 3.27. The van der Waals surface area contributed by atoms with E-state index in [1.165, 1.54) is 4.90 Å². The number of hydrogen-bond donors (Lipinski definition) is 0. The normalized spacial score (nSPS) is 21.6. The summed E-state index contributed by atoms with van der Waals surface area (Å²) >= 11 is 0. The number of fused-ring (bicyclic) bond motifs is 1. The maximum atomic E-state index is 13.9.